The van der Waals surface area contributed by atoms with E-state index in [1.807, 2.05) is 12.2 Å². The third-order valence-electron chi connectivity index (χ3n) is 4.92. The van der Waals surface area contributed by atoms with Gasteiger partial charge in [-0.2, -0.15) is 0 Å². The van der Waals surface area contributed by atoms with Crippen molar-refractivity contribution in [3.05, 3.63) is 75.9 Å². The summed E-state index contributed by atoms with van der Waals surface area (Å²) in [7, 11) is 0. The number of hydrogen-bond donors (Lipinski definition) is 2. The van der Waals surface area contributed by atoms with Crippen molar-refractivity contribution in [2.75, 3.05) is 119 Å². The Morgan fingerprint density at radius 3 is 1.36 bits per heavy atom. The van der Waals surface area contributed by atoms with Crippen molar-refractivity contribution in [1.29, 1.82) is 0 Å². The molecule has 0 atom stereocenters. The number of nitrogens with one attached hydrogen (secondary N) is 1. The van der Waals surface area contributed by atoms with Crippen LogP contribution in [0.25, 0.3) is 0 Å². The summed E-state index contributed by atoms with van der Waals surface area (Å²) in [6, 6.07) is 0. The first-order valence-corrected chi connectivity index (χ1v) is 15.6. The van der Waals surface area contributed by atoms with Crippen LogP contribution in [-0.4, -0.2) is 163 Å². The molecular formula is C34H58N3O13+. The zero-order valence-electron chi connectivity index (χ0n) is 29.3. The molecule has 0 aliphatic heterocycles. The lowest BCUT2D eigenvalue weighted by molar-refractivity contribution is -0.190. The lowest BCUT2D eigenvalue weighted by Crippen LogP contribution is -2.34. The van der Waals surface area contributed by atoms with Crippen molar-refractivity contribution in [3.8, 4) is 0 Å². The minimum atomic E-state index is -1.02. The lowest BCUT2D eigenvalue weighted by atomic mass is 10.4. The van der Waals surface area contributed by atoms with Crippen LogP contribution in [0.15, 0.2) is 75.9 Å². The Balaban J connectivity index is -0.000000830. The SMILES string of the molecule is C=CCN(CC=C)OC(=O)COCCOCCOCC(=O)N(CC=C)CC=C.C=CCNCC=C.O=C(O)COCCOCCOCC(=O)[OH2+]. The van der Waals surface area contributed by atoms with Crippen LogP contribution >= 0.6 is 0 Å². The Kier molecular flexibility index (Phi) is 41.5. The number of nitrogens with zero attached hydrogens (tertiary/aromatic N) is 2. The average Bonchev–Trinajstić information content (AvgIpc) is 3.07. The van der Waals surface area contributed by atoms with Crippen LogP contribution in [-0.2, 0) is 52.4 Å². The van der Waals surface area contributed by atoms with Gasteiger partial charge in [-0.25, -0.2) is 9.59 Å². The molecule has 16 nitrogen and oxygen atoms in total. The third-order valence-corrected chi connectivity index (χ3v) is 4.92. The highest BCUT2D eigenvalue weighted by atomic mass is 16.7. The van der Waals surface area contributed by atoms with E-state index in [4.69, 9.17) is 43.5 Å². The van der Waals surface area contributed by atoms with E-state index in [1.54, 1.807) is 29.2 Å². The number of carbonyl (C=O) groups is 4. The topological polar surface area (TPSA) is 195 Å². The zero-order valence-corrected chi connectivity index (χ0v) is 29.3. The fourth-order valence-electron chi connectivity index (χ4n) is 2.89. The summed E-state index contributed by atoms with van der Waals surface area (Å²) < 4.78 is 30.2. The predicted octanol–water partition coefficient (Wildman–Crippen LogP) is 0.689. The largest absolute Gasteiger partial charge is 0.563 e. The number of amides is 1. The summed E-state index contributed by atoms with van der Waals surface area (Å²) in [5.41, 5.74) is 0. The van der Waals surface area contributed by atoms with Crippen molar-refractivity contribution < 1.29 is 62.6 Å². The predicted molar refractivity (Wildman–Crippen MR) is 189 cm³/mol. The highest BCUT2D eigenvalue weighted by molar-refractivity contribution is 5.77. The van der Waals surface area contributed by atoms with E-state index in [0.29, 0.717) is 39.4 Å². The Morgan fingerprint density at radius 2 is 0.960 bits per heavy atom. The van der Waals surface area contributed by atoms with Gasteiger partial charge < -0.3 is 53.7 Å². The molecule has 50 heavy (non-hydrogen) atoms. The maximum atomic E-state index is 11.9. The number of carboxylic acid groups (broad SMARTS) is 1. The molecule has 4 N–H and O–H groups in total. The van der Waals surface area contributed by atoms with Gasteiger partial charge in [0.1, 0.15) is 19.8 Å². The van der Waals surface area contributed by atoms with Gasteiger partial charge in [0.25, 0.3) is 0 Å². The molecule has 0 fully saturated rings. The Morgan fingerprint density at radius 1 is 0.560 bits per heavy atom. The summed E-state index contributed by atoms with van der Waals surface area (Å²) in [5.74, 6) is -2.44. The van der Waals surface area contributed by atoms with Crippen molar-refractivity contribution >= 4 is 23.8 Å². The molecule has 0 aromatic heterocycles. The maximum Gasteiger partial charge on any atom is 0.542 e. The summed E-state index contributed by atoms with van der Waals surface area (Å²) in [5, 5.41) is 19.2. The summed E-state index contributed by atoms with van der Waals surface area (Å²) in [6.07, 6.45) is 10.2. The van der Waals surface area contributed by atoms with Gasteiger partial charge in [0, 0.05) is 31.0 Å². The van der Waals surface area contributed by atoms with E-state index in [0.717, 1.165) is 13.1 Å². The van der Waals surface area contributed by atoms with Crippen molar-refractivity contribution in [3.63, 3.8) is 0 Å². The molecule has 0 aliphatic rings. The third kappa shape index (κ3) is 42.0. The van der Waals surface area contributed by atoms with E-state index >= 15 is 0 Å². The van der Waals surface area contributed by atoms with E-state index in [-0.39, 0.29) is 72.0 Å². The molecule has 0 rings (SSSR count). The molecule has 0 spiro atoms. The van der Waals surface area contributed by atoms with E-state index in [2.05, 4.69) is 44.8 Å². The molecule has 0 aromatic rings. The lowest BCUT2D eigenvalue weighted by Gasteiger charge is -2.19. The minimum absolute atomic E-state index is 0.0285. The number of hydrogen-bond acceptors (Lipinski definition) is 13. The molecule has 0 saturated carbocycles. The molecule has 0 heterocycles. The number of carbonyl (C=O) groups excluding carboxylic acids is 3. The first-order valence-electron chi connectivity index (χ1n) is 15.6. The number of ether oxygens (including phenoxy) is 6. The van der Waals surface area contributed by atoms with Crippen LogP contribution in [0.2, 0.25) is 0 Å². The van der Waals surface area contributed by atoms with Gasteiger partial charge >= 0.3 is 17.9 Å². The highest BCUT2D eigenvalue weighted by Gasteiger charge is 2.11. The molecule has 0 radical (unpaired) electrons. The monoisotopic (exact) mass is 716 g/mol. The first kappa shape index (κ1) is 50.4. The van der Waals surface area contributed by atoms with Gasteiger partial charge in [0.2, 0.25) is 12.5 Å². The van der Waals surface area contributed by atoms with Crippen LogP contribution in [0.1, 0.15) is 0 Å². The minimum Gasteiger partial charge on any atom is -0.563 e. The first-order chi connectivity index (χ1) is 24.1. The second-order valence-corrected chi connectivity index (χ2v) is 9.25. The Labute approximate surface area is 296 Å². The van der Waals surface area contributed by atoms with Crippen molar-refractivity contribution in [2.45, 2.75) is 0 Å². The zero-order chi connectivity index (χ0) is 38.1. The summed E-state index contributed by atoms with van der Waals surface area (Å²) >= 11 is 0. The van der Waals surface area contributed by atoms with Crippen LogP contribution in [0.4, 0.5) is 0 Å². The van der Waals surface area contributed by atoms with E-state index < -0.39 is 17.9 Å². The smallest absolute Gasteiger partial charge is 0.542 e. The quantitative estimate of drug-likeness (QED) is 0.0417. The number of hydroxylamine groups is 2. The van der Waals surface area contributed by atoms with Crippen LogP contribution in [0, 0.1) is 0 Å². The molecule has 0 bridgehead atoms. The van der Waals surface area contributed by atoms with Gasteiger partial charge in [0.15, 0.2) is 0 Å². The Bertz CT molecular complexity index is 899. The number of rotatable bonds is 33. The molecule has 0 unspecified atom stereocenters. The van der Waals surface area contributed by atoms with Gasteiger partial charge in [-0.1, -0.05) is 36.5 Å². The van der Waals surface area contributed by atoms with Crippen molar-refractivity contribution in [1.82, 2.24) is 15.3 Å². The molecule has 0 saturated heterocycles. The summed E-state index contributed by atoms with van der Waals surface area (Å²) in [6.45, 7) is 26.2. The molecule has 286 valence electrons. The number of carboxylic acids is 1. The van der Waals surface area contributed by atoms with Gasteiger partial charge in [0.05, 0.1) is 65.9 Å². The highest BCUT2D eigenvalue weighted by Crippen LogP contribution is 1.95. The van der Waals surface area contributed by atoms with Crippen LogP contribution < -0.4 is 5.32 Å². The normalized spacial score (nSPS) is 9.94. The fourth-order valence-corrected chi connectivity index (χ4v) is 2.89. The van der Waals surface area contributed by atoms with E-state index in [1.165, 1.54) is 5.06 Å². The summed E-state index contributed by atoms with van der Waals surface area (Å²) in [4.78, 5) is 50.3. The average molecular weight is 717 g/mol. The maximum absolute atomic E-state index is 11.9. The molecular weight excluding hydrogens is 658 g/mol. The van der Waals surface area contributed by atoms with Crippen molar-refractivity contribution in [2.24, 2.45) is 0 Å². The standard InChI is InChI=1S/C20H32N2O6.C8H14O7.C6H11N/c1-5-9-21(10-6-2)19(23)17-26-15-13-25-14-16-27-18-20(24)28-22(11-7-3)12-8-4;9-7(10)5-14-3-1-13-2-4-15-6-8(11)12;1-3-5-7-6-4-2/h5-8H,1-4,9-18H2;1-6H2,(H,9,10)(H,11,12);3-4,7H,1-2,5-6H2/p+1. The fraction of sp³-hybridized carbons (Fsp3) is 0.529. The second-order valence-electron chi connectivity index (χ2n) is 9.25. The molecule has 1 amide bonds. The van der Waals surface area contributed by atoms with E-state index in [9.17, 15) is 19.2 Å². The number of aliphatic carboxylic acids is 1. The molecule has 16 heteroatoms. The van der Waals surface area contributed by atoms with Gasteiger partial charge in [-0.15, -0.1) is 44.5 Å². The van der Waals surface area contributed by atoms with Crippen LogP contribution in [0.5, 0.6) is 0 Å². The molecule has 0 aliphatic carbocycles. The van der Waals surface area contributed by atoms with Gasteiger partial charge in [-0.3, -0.25) is 4.79 Å². The second kappa shape index (κ2) is 41.2. The van der Waals surface area contributed by atoms with Gasteiger partial charge in [-0.05, 0) is 0 Å². The van der Waals surface area contributed by atoms with Crippen LogP contribution in [0.3, 0.4) is 0 Å². The Hall–Kier alpha value is -4.00. The molecule has 0 aromatic carbocycles.